The number of likely N-dealkylation sites (N-methyl/N-ethyl adjacent to an activating group) is 1. The number of benzene rings is 4. The molecule has 0 saturated carbocycles. The first kappa shape index (κ1) is 35.9. The minimum absolute atomic E-state index is 0. The molecule has 1 heterocycles. The van der Waals surface area contributed by atoms with E-state index < -0.39 is 11.2 Å². The Bertz CT molecular complexity index is 1720. The number of carbonyl (C=O) groups is 1. The number of ether oxygens (including phenoxy) is 1. The van der Waals surface area contributed by atoms with E-state index in [9.17, 15) is 14.6 Å². The molecule has 1 fully saturated rings. The van der Waals surface area contributed by atoms with Crippen LogP contribution in [-0.2, 0) is 11.2 Å². The van der Waals surface area contributed by atoms with Crippen molar-refractivity contribution in [2.24, 2.45) is 0 Å². The smallest absolute Gasteiger partial charge is 0.254 e. The van der Waals surface area contributed by atoms with E-state index in [4.69, 9.17) is 27.9 Å². The zero-order chi connectivity index (χ0) is 32.1. The number of nitriles is 1. The fourth-order valence-electron chi connectivity index (χ4n) is 6.30. The second-order valence-corrected chi connectivity index (χ2v) is 13.8. The molecule has 5 rings (SSSR count). The van der Waals surface area contributed by atoms with Gasteiger partial charge in [-0.15, -0.1) is 12.4 Å². The first-order chi connectivity index (χ1) is 21.7. The highest BCUT2D eigenvalue weighted by molar-refractivity contribution is 7.90. The van der Waals surface area contributed by atoms with Gasteiger partial charge < -0.3 is 19.1 Å². The first-order valence-electron chi connectivity index (χ1n) is 15.1. The molecule has 2 atom stereocenters. The molecule has 1 saturated heterocycles. The van der Waals surface area contributed by atoms with Gasteiger partial charge in [-0.1, -0.05) is 59.6 Å². The molecular weight excluding hydrogens is 661 g/mol. The number of amides is 1. The number of halogens is 3. The van der Waals surface area contributed by atoms with Crippen LogP contribution in [0.1, 0.15) is 58.1 Å². The van der Waals surface area contributed by atoms with E-state index in [1.54, 1.807) is 24.3 Å². The van der Waals surface area contributed by atoms with Gasteiger partial charge in [-0.2, -0.15) is 5.26 Å². The Morgan fingerprint density at radius 3 is 2.50 bits per heavy atom. The molecule has 4 aromatic carbocycles. The Balaban J connectivity index is 0.00000480. The van der Waals surface area contributed by atoms with Crippen molar-refractivity contribution >= 4 is 63.5 Å². The maximum atomic E-state index is 13.8. The third kappa shape index (κ3) is 8.30. The first-order valence-corrected chi connectivity index (χ1v) is 17.4. The Morgan fingerprint density at radius 2 is 1.83 bits per heavy atom. The van der Waals surface area contributed by atoms with E-state index in [0.717, 1.165) is 60.1 Å². The summed E-state index contributed by atoms with van der Waals surface area (Å²) >= 11 is 11.6. The lowest BCUT2D eigenvalue weighted by Gasteiger charge is -2.34. The van der Waals surface area contributed by atoms with Crippen LogP contribution in [0.2, 0.25) is 10.0 Å². The summed E-state index contributed by atoms with van der Waals surface area (Å²) in [6.45, 7) is 3.29. The second-order valence-electron chi connectivity index (χ2n) is 11.7. The summed E-state index contributed by atoms with van der Waals surface area (Å²) in [6, 6.07) is 25.1. The molecular formula is C36H38Cl3N3O3S. The molecule has 10 heteroatoms. The number of hydrogen-bond acceptors (Lipinski definition) is 5. The van der Waals surface area contributed by atoms with Crippen molar-refractivity contribution in [3.63, 3.8) is 0 Å². The van der Waals surface area contributed by atoms with E-state index in [-0.39, 0.29) is 24.2 Å². The number of piperidine rings is 1. The number of fused-ring (bicyclic) bond motifs is 1. The summed E-state index contributed by atoms with van der Waals surface area (Å²) in [5.74, 6) is 1.01. The molecule has 0 N–H and O–H groups in total. The summed E-state index contributed by atoms with van der Waals surface area (Å²) in [7, 11) is 3.44. The van der Waals surface area contributed by atoms with Crippen LogP contribution in [0, 0.1) is 11.3 Å². The number of methoxy groups -OCH3 is 1. The standard InChI is InChI=1S/C36H37Cl2N3O3S.ClH/c1-40(36(42)31-19-24(22-39)18-28-6-4-5-7-30(28)31)23-29(26-8-10-32(37)33(38)20-26)14-17-41-15-12-25(13-16-41)27-9-11-35(45(3)43)34(21-27)44-2;/h4-11,18-21,25,29H,12-17,23H2,1-3H3;1H/t29-,45?;/m1./s1. The molecule has 0 aromatic heterocycles. The van der Waals surface area contributed by atoms with Crippen LogP contribution in [0.15, 0.2) is 77.7 Å². The van der Waals surface area contributed by atoms with Gasteiger partial charge in [0, 0.05) is 25.1 Å². The molecule has 0 spiro atoms. The second kappa shape index (κ2) is 16.2. The summed E-state index contributed by atoms with van der Waals surface area (Å²) in [4.78, 5) is 18.8. The maximum Gasteiger partial charge on any atom is 0.254 e. The van der Waals surface area contributed by atoms with Gasteiger partial charge in [-0.05, 0) is 114 Å². The van der Waals surface area contributed by atoms with Crippen molar-refractivity contribution in [2.45, 2.75) is 36.0 Å². The maximum absolute atomic E-state index is 13.8. The number of nitrogens with zero attached hydrogens (tertiary/aromatic N) is 3. The predicted octanol–water partition coefficient (Wildman–Crippen LogP) is 8.31. The van der Waals surface area contributed by atoms with Crippen molar-refractivity contribution < 1.29 is 14.1 Å². The van der Waals surface area contributed by atoms with Crippen LogP contribution in [0.5, 0.6) is 5.75 Å². The fraction of sp³-hybridized carbons (Fsp3) is 0.333. The van der Waals surface area contributed by atoms with Gasteiger partial charge in [0.1, 0.15) is 6.26 Å². The van der Waals surface area contributed by atoms with Crippen molar-refractivity contribution in [3.8, 4) is 11.8 Å². The van der Waals surface area contributed by atoms with Crippen LogP contribution >= 0.6 is 35.6 Å². The molecule has 0 aliphatic carbocycles. The van der Waals surface area contributed by atoms with E-state index in [2.05, 4.69) is 17.0 Å². The Kier molecular flexibility index (Phi) is 12.7. The lowest BCUT2D eigenvalue weighted by Crippen LogP contribution is -2.36. The topological polar surface area (TPSA) is 79.6 Å². The third-order valence-corrected chi connectivity index (χ3v) is 10.5. The average molecular weight is 699 g/mol. The highest BCUT2D eigenvalue weighted by atomic mass is 35.5. The zero-order valence-electron chi connectivity index (χ0n) is 26.2. The van der Waals surface area contributed by atoms with Crippen molar-refractivity contribution in [2.75, 3.05) is 46.6 Å². The van der Waals surface area contributed by atoms with E-state index in [0.29, 0.717) is 39.4 Å². The Labute approximate surface area is 290 Å². The minimum Gasteiger partial charge on any atom is -0.612 e. The number of hydrogen-bond donors (Lipinski definition) is 0. The Hall–Kier alpha value is -2.96. The molecule has 1 amide bonds. The molecule has 6 nitrogen and oxygen atoms in total. The van der Waals surface area contributed by atoms with Crippen LogP contribution in [0.4, 0.5) is 0 Å². The SMILES string of the molecule is COc1cc(C2CCN(CC[C@H](CN(C)C(=O)c3cc(C#N)cc4ccccc34)c3ccc(Cl)c(Cl)c3)CC2)ccc1[S+](C)[O-].Cl. The average Bonchev–Trinajstić information content (AvgIpc) is 3.06. The molecule has 1 aliphatic heterocycles. The van der Waals surface area contributed by atoms with Crippen LogP contribution in [0.3, 0.4) is 0 Å². The molecule has 1 aliphatic rings. The van der Waals surface area contributed by atoms with Gasteiger partial charge in [0.05, 0.1) is 28.8 Å². The van der Waals surface area contributed by atoms with Crippen molar-refractivity contribution in [1.29, 1.82) is 5.26 Å². The van der Waals surface area contributed by atoms with Gasteiger partial charge in [-0.3, -0.25) is 4.79 Å². The third-order valence-electron chi connectivity index (χ3n) is 8.83. The highest BCUT2D eigenvalue weighted by Crippen LogP contribution is 2.35. The van der Waals surface area contributed by atoms with Gasteiger partial charge in [0.2, 0.25) is 0 Å². The summed E-state index contributed by atoms with van der Waals surface area (Å²) in [6.07, 6.45) is 4.55. The van der Waals surface area contributed by atoms with Crippen LogP contribution in [0.25, 0.3) is 10.8 Å². The van der Waals surface area contributed by atoms with Crippen molar-refractivity contribution in [1.82, 2.24) is 9.80 Å². The molecule has 46 heavy (non-hydrogen) atoms. The highest BCUT2D eigenvalue weighted by Gasteiger charge is 2.26. The number of carbonyl (C=O) groups excluding carboxylic acids is 1. The van der Waals surface area contributed by atoms with Gasteiger partial charge in [0.25, 0.3) is 5.91 Å². The van der Waals surface area contributed by atoms with Crippen LogP contribution < -0.4 is 4.74 Å². The molecule has 0 radical (unpaired) electrons. The lowest BCUT2D eigenvalue weighted by molar-refractivity contribution is 0.0783. The fourth-order valence-corrected chi connectivity index (χ4v) is 7.30. The predicted molar refractivity (Wildman–Crippen MR) is 190 cm³/mol. The molecule has 1 unspecified atom stereocenters. The van der Waals surface area contributed by atoms with Gasteiger partial charge in [-0.25, -0.2) is 0 Å². The summed E-state index contributed by atoms with van der Waals surface area (Å²) in [5, 5.41) is 12.3. The normalized spacial score (nSPS) is 15.1. The largest absolute Gasteiger partial charge is 0.612 e. The zero-order valence-corrected chi connectivity index (χ0v) is 29.3. The van der Waals surface area contributed by atoms with Crippen LogP contribution in [-0.4, -0.2) is 66.9 Å². The van der Waals surface area contributed by atoms with E-state index in [1.807, 2.05) is 67.7 Å². The Morgan fingerprint density at radius 1 is 1.09 bits per heavy atom. The molecule has 4 aromatic rings. The number of rotatable bonds is 10. The number of likely N-dealkylation sites (tertiary alicyclic amines) is 1. The monoisotopic (exact) mass is 697 g/mol. The van der Waals surface area contributed by atoms with Crippen molar-refractivity contribution in [3.05, 3.63) is 105 Å². The minimum atomic E-state index is -1.10. The van der Waals surface area contributed by atoms with E-state index in [1.165, 1.54) is 5.56 Å². The molecule has 242 valence electrons. The summed E-state index contributed by atoms with van der Waals surface area (Å²) < 4.78 is 17.6. The van der Waals surface area contributed by atoms with E-state index >= 15 is 0 Å². The summed E-state index contributed by atoms with van der Waals surface area (Å²) in [5.41, 5.74) is 3.25. The quantitative estimate of drug-likeness (QED) is 0.156. The van der Waals surface area contributed by atoms with Gasteiger partial charge >= 0.3 is 0 Å². The molecule has 0 bridgehead atoms. The lowest BCUT2D eigenvalue weighted by atomic mass is 9.88. The van der Waals surface area contributed by atoms with Gasteiger partial charge in [0.15, 0.2) is 10.6 Å².